The van der Waals surface area contributed by atoms with Gasteiger partial charge in [-0.1, -0.05) is 41.4 Å². The van der Waals surface area contributed by atoms with Crippen molar-refractivity contribution < 1.29 is 5.11 Å². The number of hydrogen-bond acceptors (Lipinski definition) is 3. The minimum Gasteiger partial charge on any atom is -0.507 e. The van der Waals surface area contributed by atoms with Crippen molar-refractivity contribution >= 4 is 46.1 Å². The Hall–Kier alpha value is -2.30. The number of para-hydroxylation sites is 2. The normalized spacial score (nSPS) is 11.8. The lowest BCUT2D eigenvalue weighted by molar-refractivity contribution is 0.515. The first-order valence-corrected chi connectivity index (χ1v) is 7.16. The lowest BCUT2D eigenvalue weighted by Gasteiger charge is -2.05. The summed E-state index contributed by atoms with van der Waals surface area (Å²) in [6.07, 6.45) is 1.27. The number of aromatic nitrogens is 2. The molecule has 0 spiro atoms. The fraction of sp³-hybridized carbons (Fsp3) is 0. The average molecular weight is 333 g/mol. The molecule has 110 valence electrons. The number of aliphatic hydroxyl groups is 1. The van der Waals surface area contributed by atoms with E-state index in [0.29, 0.717) is 21.6 Å². The largest absolute Gasteiger partial charge is 0.507 e. The summed E-state index contributed by atoms with van der Waals surface area (Å²) in [7, 11) is 0. The third kappa shape index (κ3) is 2.71. The van der Waals surface area contributed by atoms with Crippen molar-refractivity contribution in [2.75, 3.05) is 0 Å². The maximum absolute atomic E-state index is 12.0. The molecule has 0 saturated heterocycles. The van der Waals surface area contributed by atoms with Crippen molar-refractivity contribution in [2.24, 2.45) is 0 Å². The fourth-order valence-electron chi connectivity index (χ4n) is 2.05. The Morgan fingerprint density at radius 2 is 1.91 bits per heavy atom. The Morgan fingerprint density at radius 3 is 2.73 bits per heavy atom. The van der Waals surface area contributed by atoms with E-state index in [4.69, 9.17) is 23.2 Å². The monoisotopic (exact) mass is 332 g/mol. The number of hydrogen-bond donors (Lipinski definition) is 2. The van der Waals surface area contributed by atoms with Gasteiger partial charge in [-0.25, -0.2) is 4.98 Å². The Kier molecular flexibility index (Phi) is 3.88. The summed E-state index contributed by atoms with van der Waals surface area (Å²) < 4.78 is 0. The molecule has 2 N–H and O–H groups in total. The topological polar surface area (TPSA) is 66.0 Å². The van der Waals surface area contributed by atoms with Crippen molar-refractivity contribution in [1.29, 1.82) is 0 Å². The van der Waals surface area contributed by atoms with E-state index in [1.165, 1.54) is 6.08 Å². The summed E-state index contributed by atoms with van der Waals surface area (Å²) in [4.78, 5) is 19.0. The van der Waals surface area contributed by atoms with Crippen LogP contribution in [0, 0.1) is 0 Å². The minimum atomic E-state index is -0.400. The molecule has 1 aromatic heterocycles. The molecule has 0 amide bonds. The van der Waals surface area contributed by atoms with Crippen LogP contribution in [0.25, 0.3) is 22.9 Å². The Labute approximate surface area is 135 Å². The summed E-state index contributed by atoms with van der Waals surface area (Å²) in [5.74, 6) is -0.180. The van der Waals surface area contributed by atoms with Crippen molar-refractivity contribution in [3.8, 4) is 0 Å². The first kappa shape index (κ1) is 14.6. The number of halogens is 2. The zero-order valence-corrected chi connectivity index (χ0v) is 12.7. The molecule has 0 bridgehead atoms. The number of fused-ring (bicyclic) bond motifs is 1. The zero-order valence-electron chi connectivity index (χ0n) is 11.2. The molecule has 0 atom stereocenters. The van der Waals surface area contributed by atoms with Crippen molar-refractivity contribution in [1.82, 2.24) is 9.97 Å². The van der Waals surface area contributed by atoms with Crippen LogP contribution in [0.5, 0.6) is 0 Å². The van der Waals surface area contributed by atoms with Crippen LogP contribution in [0.2, 0.25) is 10.0 Å². The number of aromatic amines is 1. The van der Waals surface area contributed by atoms with Crippen LogP contribution >= 0.6 is 23.2 Å². The van der Waals surface area contributed by atoms with Gasteiger partial charge in [0, 0.05) is 11.6 Å². The van der Waals surface area contributed by atoms with Crippen LogP contribution in [0.15, 0.2) is 47.3 Å². The molecule has 3 rings (SSSR count). The molecule has 22 heavy (non-hydrogen) atoms. The molecule has 0 saturated carbocycles. The van der Waals surface area contributed by atoms with E-state index in [1.54, 1.807) is 36.4 Å². The van der Waals surface area contributed by atoms with Crippen LogP contribution in [0.1, 0.15) is 11.3 Å². The predicted octanol–water partition coefficient (Wildman–Crippen LogP) is 4.29. The SMILES string of the molecule is O=c1[nH]c2ccccc2nc1/C=C(\O)c1cccc(Cl)c1Cl. The highest BCUT2D eigenvalue weighted by Crippen LogP contribution is 2.29. The lowest BCUT2D eigenvalue weighted by Crippen LogP contribution is -2.12. The van der Waals surface area contributed by atoms with E-state index in [0.717, 1.165) is 0 Å². The van der Waals surface area contributed by atoms with E-state index in [2.05, 4.69) is 9.97 Å². The van der Waals surface area contributed by atoms with E-state index in [9.17, 15) is 9.90 Å². The van der Waals surface area contributed by atoms with Crippen LogP contribution in [0.3, 0.4) is 0 Å². The van der Waals surface area contributed by atoms with Gasteiger partial charge < -0.3 is 10.1 Å². The Morgan fingerprint density at radius 1 is 1.14 bits per heavy atom. The summed E-state index contributed by atoms with van der Waals surface area (Å²) in [6, 6.07) is 12.0. The van der Waals surface area contributed by atoms with Gasteiger partial charge in [0.05, 0.1) is 21.1 Å². The van der Waals surface area contributed by atoms with Crippen LogP contribution < -0.4 is 5.56 Å². The van der Waals surface area contributed by atoms with Crippen molar-refractivity contribution in [2.45, 2.75) is 0 Å². The average Bonchev–Trinajstić information content (AvgIpc) is 2.50. The van der Waals surface area contributed by atoms with Gasteiger partial charge in [0.25, 0.3) is 5.56 Å². The van der Waals surface area contributed by atoms with Crippen LogP contribution in [0.4, 0.5) is 0 Å². The van der Waals surface area contributed by atoms with E-state index < -0.39 is 5.56 Å². The first-order valence-electron chi connectivity index (χ1n) is 6.40. The molecule has 1 heterocycles. The van der Waals surface area contributed by atoms with Gasteiger partial charge in [-0.15, -0.1) is 0 Å². The molecule has 4 nitrogen and oxygen atoms in total. The van der Waals surface area contributed by atoms with Gasteiger partial charge in [-0.3, -0.25) is 4.79 Å². The quantitative estimate of drug-likeness (QED) is 0.688. The van der Waals surface area contributed by atoms with Gasteiger partial charge in [-0.2, -0.15) is 0 Å². The van der Waals surface area contributed by atoms with Gasteiger partial charge in [-0.05, 0) is 24.3 Å². The van der Waals surface area contributed by atoms with Crippen LogP contribution in [-0.4, -0.2) is 15.1 Å². The summed E-state index contributed by atoms with van der Waals surface area (Å²) >= 11 is 12.0. The van der Waals surface area contributed by atoms with Gasteiger partial charge in [0.15, 0.2) is 0 Å². The molecule has 0 aliphatic heterocycles. The molecule has 0 aliphatic carbocycles. The number of rotatable bonds is 2. The molecular weight excluding hydrogens is 323 g/mol. The molecule has 2 aromatic carbocycles. The number of benzene rings is 2. The third-order valence-corrected chi connectivity index (χ3v) is 3.95. The van der Waals surface area contributed by atoms with Crippen molar-refractivity contribution in [3.63, 3.8) is 0 Å². The highest BCUT2D eigenvalue weighted by atomic mass is 35.5. The fourth-order valence-corrected chi connectivity index (χ4v) is 2.45. The summed E-state index contributed by atoms with van der Waals surface area (Å²) in [6.45, 7) is 0. The highest BCUT2D eigenvalue weighted by molar-refractivity contribution is 6.43. The Balaban J connectivity index is 2.13. The number of H-pyrrole nitrogens is 1. The molecule has 0 aliphatic rings. The zero-order chi connectivity index (χ0) is 15.7. The maximum atomic E-state index is 12.0. The molecular formula is C16H10Cl2N2O2. The third-order valence-electron chi connectivity index (χ3n) is 3.13. The van der Waals surface area contributed by atoms with Crippen LogP contribution in [-0.2, 0) is 0 Å². The standard InChI is InChI=1S/C16H10Cl2N2O2/c17-10-5-3-4-9(15(10)18)14(21)8-13-16(22)20-12-7-2-1-6-11(12)19-13/h1-8,21H,(H,20,22)/b14-8-. The van der Waals surface area contributed by atoms with Gasteiger partial charge in [0.2, 0.25) is 0 Å². The highest BCUT2D eigenvalue weighted by Gasteiger charge is 2.10. The van der Waals surface area contributed by atoms with E-state index in [-0.39, 0.29) is 16.5 Å². The van der Waals surface area contributed by atoms with E-state index >= 15 is 0 Å². The van der Waals surface area contributed by atoms with Crippen molar-refractivity contribution in [3.05, 3.63) is 74.1 Å². The maximum Gasteiger partial charge on any atom is 0.274 e. The first-order chi connectivity index (χ1) is 10.6. The Bertz CT molecular complexity index is 948. The molecule has 3 aromatic rings. The molecule has 6 heteroatoms. The summed E-state index contributed by atoms with van der Waals surface area (Å²) in [5.41, 5.74) is 1.28. The number of nitrogens with zero attached hydrogens (tertiary/aromatic N) is 1. The van der Waals surface area contributed by atoms with Gasteiger partial charge in [0.1, 0.15) is 11.5 Å². The smallest absolute Gasteiger partial charge is 0.274 e. The molecule has 0 unspecified atom stereocenters. The second kappa shape index (κ2) is 5.83. The number of nitrogens with one attached hydrogen (secondary N) is 1. The minimum absolute atomic E-state index is 0.0900. The second-order valence-corrected chi connectivity index (χ2v) is 5.38. The lowest BCUT2D eigenvalue weighted by atomic mass is 10.1. The predicted molar refractivity (Wildman–Crippen MR) is 89.3 cm³/mol. The van der Waals surface area contributed by atoms with E-state index in [1.807, 2.05) is 6.07 Å². The van der Waals surface area contributed by atoms with Gasteiger partial charge >= 0.3 is 0 Å². The molecule has 0 fully saturated rings. The summed E-state index contributed by atoms with van der Waals surface area (Å²) in [5, 5.41) is 10.7. The second-order valence-electron chi connectivity index (χ2n) is 4.60. The molecule has 0 radical (unpaired) electrons. The number of aliphatic hydroxyl groups excluding tert-OH is 1.